The summed E-state index contributed by atoms with van der Waals surface area (Å²) in [6.45, 7) is 5.66. The Hall–Kier alpha value is -1.79. The average molecular weight is 316 g/mol. The predicted octanol–water partition coefficient (Wildman–Crippen LogP) is 2.10. The van der Waals surface area contributed by atoms with E-state index in [9.17, 15) is 4.79 Å². The number of benzene rings is 1. The van der Waals surface area contributed by atoms with Gasteiger partial charge >= 0.3 is 0 Å². The molecule has 1 aliphatic rings. The Morgan fingerprint density at radius 1 is 1.41 bits per heavy atom. The quantitative estimate of drug-likeness (QED) is 0.918. The molecule has 1 saturated heterocycles. The molecule has 116 valence electrons. The Balaban J connectivity index is 1.45. The zero-order valence-corrected chi connectivity index (χ0v) is 13.5. The summed E-state index contributed by atoms with van der Waals surface area (Å²) in [6.07, 6.45) is 1.13. The topological polar surface area (TPSA) is 58.1 Å². The fraction of sp³-hybridized carbons (Fsp3) is 0.438. The number of carbonyl (C=O) groups is 1. The van der Waals surface area contributed by atoms with E-state index in [0.717, 1.165) is 44.1 Å². The van der Waals surface area contributed by atoms with E-state index in [1.54, 1.807) is 0 Å². The molecule has 0 radical (unpaired) electrons. The van der Waals surface area contributed by atoms with Crippen molar-refractivity contribution in [3.05, 3.63) is 46.5 Å². The van der Waals surface area contributed by atoms with Gasteiger partial charge in [-0.3, -0.25) is 9.69 Å². The molecular formula is C16H20N4OS. The van der Waals surface area contributed by atoms with Gasteiger partial charge in [-0.1, -0.05) is 34.8 Å². The van der Waals surface area contributed by atoms with Crippen molar-refractivity contribution in [1.29, 1.82) is 0 Å². The molecule has 2 heterocycles. The SMILES string of the molecule is Cc1nnsc1C(=O)NCC1CCN(Cc2ccccc2)C1. The number of likely N-dealkylation sites (tertiary alicyclic amines) is 1. The van der Waals surface area contributed by atoms with Crippen LogP contribution in [0.15, 0.2) is 30.3 Å². The molecule has 1 amide bonds. The van der Waals surface area contributed by atoms with Crippen LogP contribution in [0.5, 0.6) is 0 Å². The van der Waals surface area contributed by atoms with Crippen molar-refractivity contribution in [1.82, 2.24) is 19.8 Å². The van der Waals surface area contributed by atoms with E-state index >= 15 is 0 Å². The van der Waals surface area contributed by atoms with Crippen LogP contribution >= 0.6 is 11.5 Å². The number of rotatable bonds is 5. The molecule has 22 heavy (non-hydrogen) atoms. The summed E-state index contributed by atoms with van der Waals surface area (Å²) < 4.78 is 3.80. The lowest BCUT2D eigenvalue weighted by atomic mass is 10.1. The number of carbonyl (C=O) groups excluding carboxylic acids is 1. The molecule has 0 spiro atoms. The maximum absolute atomic E-state index is 12.1. The van der Waals surface area contributed by atoms with Gasteiger partial charge in [-0.2, -0.15) is 0 Å². The van der Waals surface area contributed by atoms with Crippen molar-refractivity contribution in [3.8, 4) is 0 Å². The molecule has 3 rings (SSSR count). The second-order valence-corrected chi connectivity index (χ2v) is 6.53. The number of aromatic nitrogens is 2. The highest BCUT2D eigenvalue weighted by molar-refractivity contribution is 7.07. The highest BCUT2D eigenvalue weighted by atomic mass is 32.1. The minimum atomic E-state index is -0.0472. The van der Waals surface area contributed by atoms with Gasteiger partial charge in [0.1, 0.15) is 4.88 Å². The first-order valence-corrected chi connectivity index (χ1v) is 8.33. The summed E-state index contributed by atoms with van der Waals surface area (Å²) in [5.74, 6) is 0.475. The second-order valence-electron chi connectivity index (χ2n) is 5.77. The van der Waals surface area contributed by atoms with Gasteiger partial charge in [-0.15, -0.1) is 5.10 Å². The number of hydrogen-bond donors (Lipinski definition) is 1. The maximum Gasteiger partial charge on any atom is 0.264 e. The first-order chi connectivity index (χ1) is 10.7. The largest absolute Gasteiger partial charge is 0.351 e. The van der Waals surface area contributed by atoms with Crippen molar-refractivity contribution in [2.45, 2.75) is 19.9 Å². The van der Waals surface area contributed by atoms with Crippen LogP contribution in [0.2, 0.25) is 0 Å². The van der Waals surface area contributed by atoms with E-state index in [1.807, 2.05) is 13.0 Å². The fourth-order valence-electron chi connectivity index (χ4n) is 2.82. The number of nitrogens with zero attached hydrogens (tertiary/aromatic N) is 3. The fourth-order valence-corrected chi connectivity index (χ4v) is 3.39. The summed E-state index contributed by atoms with van der Waals surface area (Å²) in [4.78, 5) is 15.1. The van der Waals surface area contributed by atoms with Gasteiger partial charge in [0.2, 0.25) is 0 Å². The van der Waals surface area contributed by atoms with Gasteiger partial charge in [-0.25, -0.2) is 0 Å². The molecule has 1 N–H and O–H groups in total. The van der Waals surface area contributed by atoms with E-state index in [2.05, 4.69) is 44.1 Å². The van der Waals surface area contributed by atoms with Crippen LogP contribution in [0.4, 0.5) is 0 Å². The Bertz CT molecular complexity index is 628. The Morgan fingerprint density at radius 2 is 2.23 bits per heavy atom. The molecule has 1 atom stereocenters. The van der Waals surface area contributed by atoms with Crippen LogP contribution in [0.25, 0.3) is 0 Å². The van der Waals surface area contributed by atoms with Gasteiger partial charge in [-0.05, 0) is 42.9 Å². The number of hydrogen-bond acceptors (Lipinski definition) is 5. The van der Waals surface area contributed by atoms with Gasteiger partial charge in [0.25, 0.3) is 5.91 Å². The van der Waals surface area contributed by atoms with Crippen LogP contribution < -0.4 is 5.32 Å². The van der Waals surface area contributed by atoms with E-state index in [-0.39, 0.29) is 5.91 Å². The highest BCUT2D eigenvalue weighted by Crippen LogP contribution is 2.18. The number of aryl methyl sites for hydroxylation is 1. The lowest BCUT2D eigenvalue weighted by molar-refractivity contribution is 0.0950. The zero-order valence-electron chi connectivity index (χ0n) is 12.7. The molecule has 0 saturated carbocycles. The third-order valence-corrected chi connectivity index (χ3v) is 4.85. The summed E-state index contributed by atoms with van der Waals surface area (Å²) >= 11 is 1.16. The van der Waals surface area contributed by atoms with E-state index < -0.39 is 0 Å². The molecule has 1 fully saturated rings. The summed E-state index contributed by atoms with van der Waals surface area (Å²) in [6, 6.07) is 10.5. The van der Waals surface area contributed by atoms with E-state index in [0.29, 0.717) is 16.5 Å². The number of amides is 1. The van der Waals surface area contributed by atoms with Crippen LogP contribution in [0, 0.1) is 12.8 Å². The Labute approximate surface area is 134 Å². The Kier molecular flexibility index (Phi) is 4.80. The summed E-state index contributed by atoms with van der Waals surface area (Å²) in [5, 5.41) is 6.89. The van der Waals surface area contributed by atoms with Gasteiger partial charge in [0.05, 0.1) is 5.69 Å². The molecular weight excluding hydrogens is 296 g/mol. The standard InChI is InChI=1S/C16H20N4OS/c1-12-15(22-19-18-12)16(21)17-9-14-7-8-20(11-14)10-13-5-3-2-4-6-13/h2-6,14H,7-11H2,1H3,(H,17,21). The van der Waals surface area contributed by atoms with E-state index in [4.69, 9.17) is 0 Å². The van der Waals surface area contributed by atoms with Crippen molar-refractivity contribution in [2.24, 2.45) is 5.92 Å². The van der Waals surface area contributed by atoms with Crippen molar-refractivity contribution in [3.63, 3.8) is 0 Å². The van der Waals surface area contributed by atoms with Gasteiger partial charge in [0, 0.05) is 19.6 Å². The monoisotopic (exact) mass is 316 g/mol. The highest BCUT2D eigenvalue weighted by Gasteiger charge is 2.23. The lowest BCUT2D eigenvalue weighted by Crippen LogP contribution is -2.30. The molecule has 1 unspecified atom stereocenters. The van der Waals surface area contributed by atoms with Crippen LogP contribution in [-0.4, -0.2) is 40.0 Å². The van der Waals surface area contributed by atoms with Crippen LogP contribution in [-0.2, 0) is 6.54 Å². The molecule has 1 aromatic carbocycles. The van der Waals surface area contributed by atoms with Gasteiger partial charge < -0.3 is 5.32 Å². The Morgan fingerprint density at radius 3 is 2.95 bits per heavy atom. The summed E-state index contributed by atoms with van der Waals surface area (Å²) in [5.41, 5.74) is 2.05. The van der Waals surface area contributed by atoms with Crippen LogP contribution in [0.3, 0.4) is 0 Å². The smallest absolute Gasteiger partial charge is 0.264 e. The predicted molar refractivity (Wildman–Crippen MR) is 86.8 cm³/mol. The normalized spacial score (nSPS) is 18.5. The minimum Gasteiger partial charge on any atom is -0.351 e. The third-order valence-electron chi connectivity index (χ3n) is 4.03. The van der Waals surface area contributed by atoms with Crippen molar-refractivity contribution >= 4 is 17.4 Å². The molecule has 1 aromatic heterocycles. The first kappa shape index (κ1) is 15.1. The van der Waals surface area contributed by atoms with Crippen LogP contribution in [0.1, 0.15) is 27.3 Å². The van der Waals surface area contributed by atoms with Gasteiger partial charge in [0.15, 0.2) is 0 Å². The summed E-state index contributed by atoms with van der Waals surface area (Å²) in [7, 11) is 0. The average Bonchev–Trinajstić information content (AvgIpc) is 3.15. The second kappa shape index (κ2) is 6.98. The molecule has 6 heteroatoms. The first-order valence-electron chi connectivity index (χ1n) is 7.56. The number of nitrogens with one attached hydrogen (secondary N) is 1. The van der Waals surface area contributed by atoms with E-state index in [1.165, 1.54) is 5.56 Å². The molecule has 5 nitrogen and oxygen atoms in total. The molecule has 0 bridgehead atoms. The zero-order chi connectivity index (χ0) is 15.4. The van der Waals surface area contributed by atoms with Crippen molar-refractivity contribution < 1.29 is 4.79 Å². The molecule has 2 aromatic rings. The van der Waals surface area contributed by atoms with Crippen molar-refractivity contribution in [2.75, 3.05) is 19.6 Å². The third kappa shape index (κ3) is 3.69. The maximum atomic E-state index is 12.1. The minimum absolute atomic E-state index is 0.0472. The molecule has 0 aliphatic carbocycles. The lowest BCUT2D eigenvalue weighted by Gasteiger charge is -2.16. The molecule has 1 aliphatic heterocycles.